The lowest BCUT2D eigenvalue weighted by Crippen LogP contribution is -2.42. The summed E-state index contributed by atoms with van der Waals surface area (Å²) in [4.78, 5) is 26.0. The standard InChI is InChI=1S/C19H31N4O5P/c1-13(2)23(14(3)4)29(27-11-5-9-20)28-17-12-15(24)6-7-16(17)22-10-8-18(25)21-19(22)26/h8,10,13-17,24H,5-7,11-12H2,1-4H3,(H,21,25,26)/t15-,16-,17-,29?/m0/s1. The van der Waals surface area contributed by atoms with E-state index in [-0.39, 0.29) is 31.2 Å². The molecule has 4 atom stereocenters. The number of nitrogens with zero attached hydrogens (tertiary/aromatic N) is 3. The predicted octanol–water partition coefficient (Wildman–Crippen LogP) is 2.28. The lowest BCUT2D eigenvalue weighted by atomic mass is 9.90. The second-order valence-electron chi connectivity index (χ2n) is 7.74. The van der Waals surface area contributed by atoms with Gasteiger partial charge in [0.05, 0.1) is 37.3 Å². The Balaban J connectivity index is 2.31. The number of aromatic nitrogens is 2. The van der Waals surface area contributed by atoms with Gasteiger partial charge in [-0.05, 0) is 40.5 Å². The van der Waals surface area contributed by atoms with Crippen molar-refractivity contribution in [2.45, 2.75) is 83.7 Å². The van der Waals surface area contributed by atoms with Crippen molar-refractivity contribution in [3.63, 3.8) is 0 Å². The molecule has 162 valence electrons. The fourth-order valence-corrected chi connectivity index (χ4v) is 5.39. The number of nitriles is 1. The zero-order chi connectivity index (χ0) is 21.6. The van der Waals surface area contributed by atoms with E-state index in [0.29, 0.717) is 19.3 Å². The first-order chi connectivity index (χ1) is 13.7. The van der Waals surface area contributed by atoms with Gasteiger partial charge >= 0.3 is 5.69 Å². The Morgan fingerprint density at radius 1 is 1.34 bits per heavy atom. The van der Waals surface area contributed by atoms with Gasteiger partial charge in [0.1, 0.15) is 0 Å². The van der Waals surface area contributed by atoms with Crippen molar-refractivity contribution in [2.75, 3.05) is 6.61 Å². The summed E-state index contributed by atoms with van der Waals surface area (Å²) in [7, 11) is -1.51. The van der Waals surface area contributed by atoms with Gasteiger partial charge < -0.3 is 14.2 Å². The second kappa shape index (κ2) is 11.0. The van der Waals surface area contributed by atoms with E-state index in [1.54, 1.807) is 0 Å². The lowest BCUT2D eigenvalue weighted by Gasteiger charge is -2.41. The normalized spacial score (nSPS) is 23.5. The average Bonchev–Trinajstić information content (AvgIpc) is 2.62. The van der Waals surface area contributed by atoms with Gasteiger partial charge in [0.2, 0.25) is 0 Å². The number of rotatable bonds is 9. The molecular formula is C19H31N4O5P. The van der Waals surface area contributed by atoms with E-state index >= 15 is 0 Å². The maximum Gasteiger partial charge on any atom is 0.328 e. The first-order valence-electron chi connectivity index (χ1n) is 9.99. The summed E-state index contributed by atoms with van der Waals surface area (Å²) in [6.45, 7) is 8.44. The number of hydrogen-bond donors (Lipinski definition) is 2. The van der Waals surface area contributed by atoms with Crippen molar-refractivity contribution in [3.05, 3.63) is 33.1 Å². The minimum absolute atomic E-state index is 0.144. The van der Waals surface area contributed by atoms with Crippen LogP contribution in [0.3, 0.4) is 0 Å². The average molecular weight is 426 g/mol. The summed E-state index contributed by atoms with van der Waals surface area (Å²) in [5.41, 5.74) is -0.945. The number of aromatic amines is 1. The van der Waals surface area contributed by atoms with Crippen LogP contribution in [0.25, 0.3) is 0 Å². The Hall–Kier alpha value is -1.56. The molecule has 2 N–H and O–H groups in total. The number of aliphatic hydroxyl groups is 1. The highest BCUT2D eigenvalue weighted by Crippen LogP contribution is 2.50. The Labute approximate surface area is 172 Å². The third-order valence-electron chi connectivity index (χ3n) is 4.83. The monoisotopic (exact) mass is 426 g/mol. The van der Waals surface area contributed by atoms with Crippen LogP contribution in [0.4, 0.5) is 0 Å². The van der Waals surface area contributed by atoms with Crippen LogP contribution in [0.1, 0.15) is 59.4 Å². The van der Waals surface area contributed by atoms with Crippen LogP contribution in [0.5, 0.6) is 0 Å². The Morgan fingerprint density at radius 3 is 2.62 bits per heavy atom. The fraction of sp³-hybridized carbons (Fsp3) is 0.737. The third-order valence-corrected chi connectivity index (χ3v) is 6.98. The molecule has 1 heterocycles. The molecule has 10 heteroatoms. The second-order valence-corrected chi connectivity index (χ2v) is 9.15. The third kappa shape index (κ3) is 6.46. The smallest absolute Gasteiger partial charge is 0.328 e. The van der Waals surface area contributed by atoms with E-state index in [1.807, 2.05) is 27.7 Å². The quantitative estimate of drug-likeness (QED) is 0.459. The molecule has 9 nitrogen and oxygen atoms in total. The highest BCUT2D eigenvalue weighted by atomic mass is 31.2. The molecule has 0 aromatic carbocycles. The van der Waals surface area contributed by atoms with E-state index in [9.17, 15) is 14.7 Å². The zero-order valence-corrected chi connectivity index (χ0v) is 18.3. The molecule has 29 heavy (non-hydrogen) atoms. The summed E-state index contributed by atoms with van der Waals surface area (Å²) in [5, 5.41) is 19.1. The molecule has 2 rings (SSSR count). The molecule has 0 spiro atoms. The van der Waals surface area contributed by atoms with Crippen molar-refractivity contribution in [2.24, 2.45) is 0 Å². The fourth-order valence-electron chi connectivity index (χ4n) is 3.62. The van der Waals surface area contributed by atoms with Gasteiger partial charge in [-0.1, -0.05) is 0 Å². The van der Waals surface area contributed by atoms with Crippen LogP contribution in [0.2, 0.25) is 0 Å². The molecule has 1 aromatic rings. The minimum atomic E-state index is -1.51. The Bertz CT molecular complexity index is 795. The van der Waals surface area contributed by atoms with Gasteiger partial charge in [-0.25, -0.2) is 9.46 Å². The van der Waals surface area contributed by atoms with Crippen LogP contribution in [-0.2, 0) is 9.05 Å². The van der Waals surface area contributed by atoms with Crippen LogP contribution in [-0.4, -0.2) is 50.2 Å². The first kappa shape index (κ1) is 23.7. The molecule has 0 aliphatic heterocycles. The predicted molar refractivity (Wildman–Crippen MR) is 110 cm³/mol. The molecule has 0 saturated heterocycles. The summed E-state index contributed by atoms with van der Waals surface area (Å²) in [6.07, 6.45) is 2.18. The summed E-state index contributed by atoms with van der Waals surface area (Å²) in [6, 6.07) is 3.34. The van der Waals surface area contributed by atoms with Gasteiger partial charge in [0.25, 0.3) is 14.1 Å². The highest BCUT2D eigenvalue weighted by molar-refractivity contribution is 7.44. The molecule has 1 unspecified atom stereocenters. The molecule has 1 saturated carbocycles. The van der Waals surface area contributed by atoms with Crippen molar-refractivity contribution >= 4 is 8.53 Å². The van der Waals surface area contributed by atoms with Crippen molar-refractivity contribution < 1.29 is 14.2 Å². The van der Waals surface area contributed by atoms with Crippen molar-refractivity contribution in [1.82, 2.24) is 14.2 Å². The van der Waals surface area contributed by atoms with Crippen molar-refractivity contribution in [1.29, 1.82) is 5.26 Å². The Kier molecular flexibility index (Phi) is 9.00. The highest BCUT2D eigenvalue weighted by Gasteiger charge is 2.37. The van der Waals surface area contributed by atoms with E-state index in [0.717, 1.165) is 0 Å². The largest absolute Gasteiger partial charge is 0.393 e. The van der Waals surface area contributed by atoms with Crippen molar-refractivity contribution in [3.8, 4) is 6.07 Å². The Morgan fingerprint density at radius 2 is 2.03 bits per heavy atom. The number of H-pyrrole nitrogens is 1. The van der Waals surface area contributed by atoms with Gasteiger partial charge in [-0.2, -0.15) is 5.26 Å². The molecule has 1 aromatic heterocycles. The number of nitrogens with one attached hydrogen (secondary N) is 1. The first-order valence-corrected chi connectivity index (χ1v) is 11.1. The molecule has 0 amide bonds. The number of aliphatic hydroxyl groups excluding tert-OH is 1. The van der Waals surface area contributed by atoms with Gasteiger partial charge in [0, 0.05) is 30.8 Å². The lowest BCUT2D eigenvalue weighted by molar-refractivity contribution is 0.00871. The molecule has 0 radical (unpaired) electrons. The molecule has 1 aliphatic carbocycles. The van der Waals surface area contributed by atoms with Crippen LogP contribution in [0.15, 0.2) is 21.9 Å². The van der Waals surface area contributed by atoms with Gasteiger partial charge in [0.15, 0.2) is 0 Å². The molecule has 1 fully saturated rings. The molecular weight excluding hydrogens is 395 g/mol. The van der Waals surface area contributed by atoms with Crippen LogP contribution < -0.4 is 11.2 Å². The van der Waals surface area contributed by atoms with E-state index in [1.165, 1.54) is 16.8 Å². The van der Waals surface area contributed by atoms with E-state index in [4.69, 9.17) is 14.3 Å². The van der Waals surface area contributed by atoms with E-state index in [2.05, 4.69) is 15.7 Å². The van der Waals surface area contributed by atoms with Gasteiger partial charge in [-0.15, -0.1) is 0 Å². The van der Waals surface area contributed by atoms with Crippen LogP contribution in [0, 0.1) is 11.3 Å². The maximum atomic E-state index is 12.3. The topological polar surface area (TPSA) is 121 Å². The SMILES string of the molecule is CC(C)N(C(C)C)P(OCCC#N)O[C@H]1C[C@@H](O)CC[C@@H]1n1ccc(=O)[nH]c1=O. The van der Waals surface area contributed by atoms with E-state index < -0.39 is 32.0 Å². The molecule has 0 bridgehead atoms. The molecule has 1 aliphatic rings. The summed E-state index contributed by atoms with van der Waals surface area (Å²) in [5.74, 6) is 0. The van der Waals surface area contributed by atoms with Gasteiger partial charge in [-0.3, -0.25) is 14.3 Å². The zero-order valence-electron chi connectivity index (χ0n) is 17.4. The van der Waals surface area contributed by atoms with Crippen LogP contribution >= 0.6 is 8.53 Å². The minimum Gasteiger partial charge on any atom is -0.393 e. The number of hydrogen-bond acceptors (Lipinski definition) is 7. The summed E-state index contributed by atoms with van der Waals surface area (Å²) < 4.78 is 15.9. The maximum absolute atomic E-state index is 12.3. The summed E-state index contributed by atoms with van der Waals surface area (Å²) >= 11 is 0.